The van der Waals surface area contributed by atoms with Crippen LogP contribution in [-0.2, 0) is 4.74 Å². The zero-order valence-electron chi connectivity index (χ0n) is 8.12. The maximum atomic E-state index is 5.70. The van der Waals surface area contributed by atoms with Crippen LogP contribution in [0.4, 0.5) is 0 Å². The van der Waals surface area contributed by atoms with E-state index in [-0.39, 0.29) is 6.04 Å². The molecule has 1 aliphatic heterocycles. The van der Waals surface area contributed by atoms with Crippen LogP contribution in [0.25, 0.3) is 0 Å². The van der Waals surface area contributed by atoms with Gasteiger partial charge in [0, 0.05) is 12.6 Å². The van der Waals surface area contributed by atoms with Gasteiger partial charge in [-0.2, -0.15) is 0 Å². The Morgan fingerprint density at radius 1 is 1.46 bits per heavy atom. The van der Waals surface area contributed by atoms with Gasteiger partial charge in [-0.15, -0.1) is 6.42 Å². The van der Waals surface area contributed by atoms with Gasteiger partial charge in [0.25, 0.3) is 0 Å². The molecule has 1 aliphatic carbocycles. The smallest absolute Gasteiger partial charge is 0.0757 e. The standard InChI is InChI=1S/C11H17NO/c1-3-8(2)12-10-6-7-13-11(10)9-4-5-9/h1,8-12H,4-7H2,2H3. The van der Waals surface area contributed by atoms with E-state index in [1.54, 1.807) is 0 Å². The second-order valence-electron chi connectivity index (χ2n) is 4.12. The van der Waals surface area contributed by atoms with Crippen molar-refractivity contribution in [2.45, 2.75) is 44.4 Å². The third kappa shape index (κ3) is 2.04. The average molecular weight is 179 g/mol. The van der Waals surface area contributed by atoms with E-state index in [4.69, 9.17) is 11.2 Å². The Bertz CT molecular complexity index is 217. The summed E-state index contributed by atoms with van der Waals surface area (Å²) in [7, 11) is 0. The largest absolute Gasteiger partial charge is 0.376 e. The van der Waals surface area contributed by atoms with Gasteiger partial charge in [0.15, 0.2) is 0 Å². The molecule has 1 N–H and O–H groups in total. The van der Waals surface area contributed by atoms with E-state index in [0.29, 0.717) is 12.1 Å². The first-order chi connectivity index (χ1) is 6.31. The second-order valence-corrected chi connectivity index (χ2v) is 4.12. The first-order valence-corrected chi connectivity index (χ1v) is 5.15. The molecule has 2 nitrogen and oxygen atoms in total. The summed E-state index contributed by atoms with van der Waals surface area (Å²) < 4.78 is 5.70. The molecule has 1 saturated heterocycles. The van der Waals surface area contributed by atoms with E-state index < -0.39 is 0 Å². The lowest BCUT2D eigenvalue weighted by atomic mass is 10.1. The molecular formula is C11H17NO. The molecule has 2 aliphatic rings. The first kappa shape index (κ1) is 9.05. The molecular weight excluding hydrogens is 162 g/mol. The van der Waals surface area contributed by atoms with Crippen LogP contribution in [0.15, 0.2) is 0 Å². The number of hydrogen-bond acceptors (Lipinski definition) is 2. The molecule has 3 unspecified atom stereocenters. The van der Waals surface area contributed by atoms with Crippen LogP contribution in [-0.4, -0.2) is 24.8 Å². The van der Waals surface area contributed by atoms with Gasteiger partial charge in [0.2, 0.25) is 0 Å². The highest BCUT2D eigenvalue weighted by Crippen LogP contribution is 2.38. The van der Waals surface area contributed by atoms with E-state index in [0.717, 1.165) is 18.9 Å². The normalized spacial score (nSPS) is 35.7. The summed E-state index contributed by atoms with van der Waals surface area (Å²) in [5.41, 5.74) is 0. The predicted molar refractivity (Wildman–Crippen MR) is 52.3 cm³/mol. The van der Waals surface area contributed by atoms with Crippen LogP contribution in [0, 0.1) is 18.3 Å². The molecule has 1 saturated carbocycles. The summed E-state index contributed by atoms with van der Waals surface area (Å²) in [6.45, 7) is 2.93. The molecule has 0 amide bonds. The van der Waals surface area contributed by atoms with Crippen molar-refractivity contribution >= 4 is 0 Å². The van der Waals surface area contributed by atoms with E-state index >= 15 is 0 Å². The highest BCUT2D eigenvalue weighted by atomic mass is 16.5. The lowest BCUT2D eigenvalue weighted by Crippen LogP contribution is -2.42. The molecule has 0 radical (unpaired) electrons. The molecule has 1 heterocycles. The van der Waals surface area contributed by atoms with Crippen molar-refractivity contribution in [3.05, 3.63) is 0 Å². The molecule has 13 heavy (non-hydrogen) atoms. The second kappa shape index (κ2) is 3.69. The van der Waals surface area contributed by atoms with Crippen molar-refractivity contribution in [2.75, 3.05) is 6.61 Å². The highest BCUT2D eigenvalue weighted by molar-refractivity contribution is 5.01. The molecule has 2 rings (SSSR count). The van der Waals surface area contributed by atoms with E-state index in [9.17, 15) is 0 Å². The van der Waals surface area contributed by atoms with Crippen molar-refractivity contribution in [3.8, 4) is 12.3 Å². The highest BCUT2D eigenvalue weighted by Gasteiger charge is 2.40. The van der Waals surface area contributed by atoms with E-state index in [1.165, 1.54) is 12.8 Å². The first-order valence-electron chi connectivity index (χ1n) is 5.15. The summed E-state index contributed by atoms with van der Waals surface area (Å²) in [5, 5.41) is 3.44. The van der Waals surface area contributed by atoms with Gasteiger partial charge in [-0.3, -0.25) is 5.32 Å². The summed E-state index contributed by atoms with van der Waals surface area (Å²) in [4.78, 5) is 0. The molecule has 3 atom stereocenters. The molecule has 0 aromatic rings. The molecule has 0 bridgehead atoms. The maximum absolute atomic E-state index is 5.70. The molecule has 2 heteroatoms. The third-order valence-corrected chi connectivity index (χ3v) is 2.94. The van der Waals surface area contributed by atoms with E-state index in [1.807, 2.05) is 6.92 Å². The molecule has 0 aromatic heterocycles. The monoisotopic (exact) mass is 179 g/mol. The summed E-state index contributed by atoms with van der Waals surface area (Å²) in [6.07, 6.45) is 9.57. The fourth-order valence-corrected chi connectivity index (χ4v) is 2.05. The Balaban J connectivity index is 1.86. The van der Waals surface area contributed by atoms with Gasteiger partial charge in [0.1, 0.15) is 0 Å². The Hall–Kier alpha value is -0.520. The van der Waals surface area contributed by atoms with Crippen molar-refractivity contribution in [3.63, 3.8) is 0 Å². The van der Waals surface area contributed by atoms with Crippen molar-refractivity contribution in [1.29, 1.82) is 0 Å². The average Bonchev–Trinajstić information content (AvgIpc) is 2.88. The van der Waals surface area contributed by atoms with Crippen LogP contribution in [0.3, 0.4) is 0 Å². The fourth-order valence-electron chi connectivity index (χ4n) is 2.05. The van der Waals surface area contributed by atoms with Crippen molar-refractivity contribution in [2.24, 2.45) is 5.92 Å². The van der Waals surface area contributed by atoms with Crippen LogP contribution < -0.4 is 5.32 Å². The Morgan fingerprint density at radius 2 is 2.23 bits per heavy atom. The van der Waals surface area contributed by atoms with Crippen molar-refractivity contribution in [1.82, 2.24) is 5.32 Å². The summed E-state index contributed by atoms with van der Waals surface area (Å²) in [6, 6.07) is 0.673. The molecule has 0 aromatic carbocycles. The fraction of sp³-hybridized carbons (Fsp3) is 0.818. The predicted octanol–water partition coefficient (Wildman–Crippen LogP) is 1.17. The Morgan fingerprint density at radius 3 is 2.85 bits per heavy atom. The van der Waals surface area contributed by atoms with Crippen LogP contribution in [0.1, 0.15) is 26.2 Å². The Labute approximate surface area is 80.0 Å². The van der Waals surface area contributed by atoms with Crippen molar-refractivity contribution < 1.29 is 4.74 Å². The Kier molecular flexibility index (Phi) is 2.57. The minimum absolute atomic E-state index is 0.174. The van der Waals surface area contributed by atoms with Gasteiger partial charge < -0.3 is 4.74 Å². The zero-order chi connectivity index (χ0) is 9.26. The lowest BCUT2D eigenvalue weighted by Gasteiger charge is -2.21. The minimum atomic E-state index is 0.174. The summed E-state index contributed by atoms with van der Waals surface area (Å²) in [5.74, 6) is 3.52. The quantitative estimate of drug-likeness (QED) is 0.657. The SMILES string of the molecule is C#CC(C)NC1CCOC1C1CC1. The van der Waals surface area contributed by atoms with Gasteiger partial charge in [-0.05, 0) is 32.1 Å². The molecule has 72 valence electrons. The van der Waals surface area contributed by atoms with Gasteiger partial charge in [-0.25, -0.2) is 0 Å². The van der Waals surface area contributed by atoms with Gasteiger partial charge >= 0.3 is 0 Å². The summed E-state index contributed by atoms with van der Waals surface area (Å²) >= 11 is 0. The van der Waals surface area contributed by atoms with Gasteiger partial charge in [0.05, 0.1) is 12.1 Å². The van der Waals surface area contributed by atoms with Crippen LogP contribution >= 0.6 is 0 Å². The minimum Gasteiger partial charge on any atom is -0.376 e. The number of terminal acetylenes is 1. The van der Waals surface area contributed by atoms with Crippen LogP contribution in [0.5, 0.6) is 0 Å². The molecule has 0 spiro atoms. The number of ether oxygens (including phenoxy) is 1. The lowest BCUT2D eigenvalue weighted by molar-refractivity contribution is 0.0804. The number of nitrogens with one attached hydrogen (secondary N) is 1. The molecule has 2 fully saturated rings. The zero-order valence-corrected chi connectivity index (χ0v) is 8.12. The number of rotatable bonds is 3. The maximum Gasteiger partial charge on any atom is 0.0757 e. The topological polar surface area (TPSA) is 21.3 Å². The van der Waals surface area contributed by atoms with E-state index in [2.05, 4.69) is 11.2 Å². The van der Waals surface area contributed by atoms with Crippen LogP contribution in [0.2, 0.25) is 0 Å². The van der Waals surface area contributed by atoms with Gasteiger partial charge in [-0.1, -0.05) is 5.92 Å². The number of hydrogen-bond donors (Lipinski definition) is 1. The third-order valence-electron chi connectivity index (χ3n) is 2.94.